The lowest BCUT2D eigenvalue weighted by Crippen LogP contribution is -2.34. The van der Waals surface area contributed by atoms with E-state index in [1.54, 1.807) is 0 Å². The Bertz CT molecular complexity index is 419. The van der Waals surface area contributed by atoms with Gasteiger partial charge in [0, 0.05) is 6.07 Å². The van der Waals surface area contributed by atoms with Gasteiger partial charge in [-0.1, -0.05) is 0 Å². The third-order valence-corrected chi connectivity index (χ3v) is 2.71. The molecule has 0 saturated carbocycles. The van der Waals surface area contributed by atoms with Gasteiger partial charge in [0.25, 0.3) is 5.69 Å². The lowest BCUT2D eigenvalue weighted by Gasteiger charge is -2.23. The van der Waals surface area contributed by atoms with E-state index >= 15 is 0 Å². The van der Waals surface area contributed by atoms with Gasteiger partial charge in [0.1, 0.15) is 6.10 Å². The van der Waals surface area contributed by atoms with Crippen LogP contribution in [0, 0.1) is 15.9 Å². The highest BCUT2D eigenvalue weighted by Crippen LogP contribution is 2.24. The summed E-state index contributed by atoms with van der Waals surface area (Å²) in [4.78, 5) is 9.82. The van der Waals surface area contributed by atoms with E-state index in [4.69, 9.17) is 4.74 Å². The van der Waals surface area contributed by atoms with Crippen molar-refractivity contribution in [3.63, 3.8) is 0 Å². The quantitative estimate of drug-likeness (QED) is 0.647. The van der Waals surface area contributed by atoms with Gasteiger partial charge in [0.05, 0.1) is 11.0 Å². The molecular formula is C11H13FN2O3. The van der Waals surface area contributed by atoms with Gasteiger partial charge < -0.3 is 10.1 Å². The van der Waals surface area contributed by atoms with Crippen LogP contribution in [0.15, 0.2) is 18.2 Å². The molecule has 0 atom stereocenters. The van der Waals surface area contributed by atoms with Crippen LogP contribution in [0.2, 0.25) is 0 Å². The van der Waals surface area contributed by atoms with Crippen LogP contribution in [0.5, 0.6) is 5.75 Å². The van der Waals surface area contributed by atoms with Crippen LogP contribution in [0.4, 0.5) is 10.1 Å². The number of nitro benzene ring substituents is 1. The number of ether oxygens (including phenoxy) is 1. The highest BCUT2D eigenvalue weighted by atomic mass is 19.1. The van der Waals surface area contributed by atoms with E-state index in [2.05, 4.69) is 5.32 Å². The van der Waals surface area contributed by atoms with Crippen molar-refractivity contribution in [1.82, 2.24) is 5.32 Å². The van der Waals surface area contributed by atoms with Crippen LogP contribution in [-0.2, 0) is 0 Å². The van der Waals surface area contributed by atoms with Crippen molar-refractivity contribution in [2.75, 3.05) is 13.1 Å². The second kappa shape index (κ2) is 5.09. The number of halogens is 1. The zero-order valence-electron chi connectivity index (χ0n) is 9.19. The smallest absolute Gasteiger partial charge is 0.272 e. The van der Waals surface area contributed by atoms with Crippen LogP contribution in [0.3, 0.4) is 0 Å². The maximum atomic E-state index is 13.5. The topological polar surface area (TPSA) is 64.4 Å². The summed E-state index contributed by atoms with van der Waals surface area (Å²) in [6.45, 7) is 1.69. The van der Waals surface area contributed by atoms with Crippen molar-refractivity contribution < 1.29 is 14.1 Å². The number of hydrogen-bond donors (Lipinski definition) is 1. The molecule has 0 unspecified atom stereocenters. The van der Waals surface area contributed by atoms with Crippen LogP contribution in [-0.4, -0.2) is 24.1 Å². The monoisotopic (exact) mass is 240 g/mol. The third-order valence-electron chi connectivity index (χ3n) is 2.71. The predicted octanol–water partition coefficient (Wildman–Crippen LogP) is 1.86. The van der Waals surface area contributed by atoms with Crippen LogP contribution in [0.25, 0.3) is 0 Å². The van der Waals surface area contributed by atoms with Gasteiger partial charge in [-0.05, 0) is 32.0 Å². The van der Waals surface area contributed by atoms with E-state index in [1.807, 2.05) is 0 Å². The summed E-state index contributed by atoms with van der Waals surface area (Å²) in [6, 6.07) is 3.45. The Labute approximate surface area is 97.7 Å². The highest BCUT2D eigenvalue weighted by Gasteiger charge is 2.18. The lowest BCUT2D eigenvalue weighted by molar-refractivity contribution is -0.385. The van der Waals surface area contributed by atoms with E-state index in [0.717, 1.165) is 32.0 Å². The summed E-state index contributed by atoms with van der Waals surface area (Å²) in [7, 11) is 0. The molecule has 1 fully saturated rings. The number of nitrogens with one attached hydrogen (secondary N) is 1. The van der Waals surface area contributed by atoms with Crippen molar-refractivity contribution in [2.24, 2.45) is 0 Å². The Morgan fingerprint density at radius 3 is 2.71 bits per heavy atom. The molecule has 92 valence electrons. The van der Waals surface area contributed by atoms with E-state index in [1.165, 1.54) is 12.1 Å². The fourth-order valence-corrected chi connectivity index (χ4v) is 1.79. The maximum absolute atomic E-state index is 13.5. The SMILES string of the molecule is O=[N+]([O-])c1ccc(OC2CCNCC2)c(F)c1. The number of benzene rings is 1. The highest BCUT2D eigenvalue weighted by molar-refractivity contribution is 5.37. The minimum atomic E-state index is -0.683. The molecule has 1 aliphatic heterocycles. The normalized spacial score (nSPS) is 16.8. The average Bonchev–Trinajstić information content (AvgIpc) is 2.33. The van der Waals surface area contributed by atoms with Gasteiger partial charge in [-0.3, -0.25) is 10.1 Å². The van der Waals surface area contributed by atoms with Gasteiger partial charge in [-0.15, -0.1) is 0 Å². The number of rotatable bonds is 3. The number of non-ortho nitro benzene ring substituents is 1. The van der Waals surface area contributed by atoms with E-state index < -0.39 is 10.7 Å². The number of nitro groups is 1. The van der Waals surface area contributed by atoms with Crippen molar-refractivity contribution in [1.29, 1.82) is 0 Å². The fourth-order valence-electron chi connectivity index (χ4n) is 1.79. The summed E-state index contributed by atoms with van der Waals surface area (Å²) in [6.07, 6.45) is 1.61. The molecule has 1 heterocycles. The Balaban J connectivity index is 2.08. The molecule has 1 aromatic carbocycles. The molecule has 1 aliphatic rings. The zero-order valence-corrected chi connectivity index (χ0v) is 9.19. The molecule has 2 rings (SSSR count). The van der Waals surface area contributed by atoms with Gasteiger partial charge in [0.2, 0.25) is 0 Å². The standard InChI is InChI=1S/C11H13FN2O3/c12-10-7-8(14(15)16)1-2-11(10)17-9-3-5-13-6-4-9/h1-2,7,9,13H,3-6H2. The van der Waals surface area contributed by atoms with Gasteiger partial charge >= 0.3 is 0 Å². The first-order valence-electron chi connectivity index (χ1n) is 5.48. The summed E-state index contributed by atoms with van der Waals surface area (Å²) in [5.41, 5.74) is -0.264. The molecule has 1 saturated heterocycles. The second-order valence-electron chi connectivity index (χ2n) is 3.94. The molecule has 0 bridgehead atoms. The van der Waals surface area contributed by atoms with E-state index in [0.29, 0.717) is 0 Å². The third kappa shape index (κ3) is 2.91. The molecule has 6 heteroatoms. The van der Waals surface area contributed by atoms with Crippen molar-refractivity contribution in [2.45, 2.75) is 18.9 Å². The molecule has 0 aromatic heterocycles. The Morgan fingerprint density at radius 1 is 1.41 bits per heavy atom. The van der Waals surface area contributed by atoms with Crippen molar-refractivity contribution in [3.05, 3.63) is 34.1 Å². The number of hydrogen-bond acceptors (Lipinski definition) is 4. The van der Waals surface area contributed by atoms with E-state index in [9.17, 15) is 14.5 Å². The molecule has 17 heavy (non-hydrogen) atoms. The number of nitrogens with zero attached hydrogens (tertiary/aromatic N) is 1. The lowest BCUT2D eigenvalue weighted by atomic mass is 10.1. The Kier molecular flexibility index (Phi) is 3.53. The minimum absolute atomic E-state index is 0.0211. The molecule has 1 N–H and O–H groups in total. The first-order valence-corrected chi connectivity index (χ1v) is 5.48. The van der Waals surface area contributed by atoms with Crippen LogP contribution < -0.4 is 10.1 Å². The van der Waals surface area contributed by atoms with Gasteiger partial charge in [-0.2, -0.15) is 0 Å². The van der Waals surface area contributed by atoms with E-state index in [-0.39, 0.29) is 17.5 Å². The predicted molar refractivity (Wildman–Crippen MR) is 59.6 cm³/mol. The van der Waals surface area contributed by atoms with Crippen molar-refractivity contribution in [3.8, 4) is 5.75 Å². The van der Waals surface area contributed by atoms with Gasteiger partial charge in [0.15, 0.2) is 11.6 Å². The Hall–Kier alpha value is -1.69. The summed E-state index contributed by atoms with van der Waals surface area (Å²) < 4.78 is 19.0. The molecular weight excluding hydrogens is 227 g/mol. The first-order chi connectivity index (χ1) is 8.16. The van der Waals surface area contributed by atoms with Crippen molar-refractivity contribution >= 4 is 5.69 Å². The Morgan fingerprint density at radius 2 is 2.12 bits per heavy atom. The summed E-state index contributed by atoms with van der Waals surface area (Å²) >= 11 is 0. The van der Waals surface area contributed by atoms with Crippen LogP contribution in [0.1, 0.15) is 12.8 Å². The second-order valence-corrected chi connectivity index (χ2v) is 3.94. The molecule has 1 aromatic rings. The largest absolute Gasteiger partial charge is 0.487 e. The number of piperidine rings is 1. The summed E-state index contributed by atoms with van der Waals surface area (Å²) in [5.74, 6) is -0.597. The van der Waals surface area contributed by atoms with Gasteiger partial charge in [-0.25, -0.2) is 4.39 Å². The zero-order chi connectivity index (χ0) is 12.3. The molecule has 0 aliphatic carbocycles. The minimum Gasteiger partial charge on any atom is -0.487 e. The maximum Gasteiger partial charge on any atom is 0.272 e. The molecule has 0 spiro atoms. The molecule has 0 amide bonds. The average molecular weight is 240 g/mol. The molecule has 0 radical (unpaired) electrons. The first kappa shape index (κ1) is 11.8. The molecule has 5 nitrogen and oxygen atoms in total. The van der Waals surface area contributed by atoms with Crippen LogP contribution >= 0.6 is 0 Å². The summed E-state index contributed by atoms with van der Waals surface area (Å²) in [5, 5.41) is 13.6. The fraction of sp³-hybridized carbons (Fsp3) is 0.455.